The van der Waals surface area contributed by atoms with E-state index in [4.69, 9.17) is 9.47 Å². The van der Waals surface area contributed by atoms with Crippen LogP contribution in [0.3, 0.4) is 0 Å². The van der Waals surface area contributed by atoms with Crippen molar-refractivity contribution in [3.05, 3.63) is 29.8 Å². The molecule has 20 heavy (non-hydrogen) atoms. The number of rotatable bonds is 7. The maximum absolute atomic E-state index is 5.21. The van der Waals surface area contributed by atoms with Crippen LogP contribution in [0.5, 0.6) is 5.75 Å². The Bertz CT molecular complexity index is 421. The van der Waals surface area contributed by atoms with Crippen molar-refractivity contribution in [2.45, 2.75) is 19.4 Å². The van der Waals surface area contributed by atoms with Crippen molar-refractivity contribution in [2.24, 2.45) is 4.99 Å². The van der Waals surface area contributed by atoms with Crippen LogP contribution in [0.15, 0.2) is 29.3 Å². The molecule has 112 valence electrons. The van der Waals surface area contributed by atoms with Crippen LogP contribution in [0.2, 0.25) is 0 Å². The van der Waals surface area contributed by atoms with Gasteiger partial charge in [0.2, 0.25) is 0 Å². The van der Waals surface area contributed by atoms with Crippen LogP contribution >= 0.6 is 0 Å². The van der Waals surface area contributed by atoms with Crippen LogP contribution in [-0.4, -0.2) is 46.4 Å². The molecule has 0 amide bonds. The summed E-state index contributed by atoms with van der Waals surface area (Å²) in [5.74, 6) is 1.68. The molecular weight excluding hydrogens is 254 g/mol. The van der Waals surface area contributed by atoms with Gasteiger partial charge in [-0.05, 0) is 31.0 Å². The van der Waals surface area contributed by atoms with Gasteiger partial charge in [0.05, 0.1) is 13.7 Å². The third-order valence-electron chi connectivity index (χ3n) is 2.86. The van der Waals surface area contributed by atoms with Crippen LogP contribution in [0, 0.1) is 0 Å². The lowest BCUT2D eigenvalue weighted by Gasteiger charge is -2.17. The molecule has 5 nitrogen and oxygen atoms in total. The Morgan fingerprint density at radius 2 is 2.15 bits per heavy atom. The lowest BCUT2D eigenvalue weighted by Crippen LogP contribution is -2.44. The van der Waals surface area contributed by atoms with Gasteiger partial charge in [-0.2, -0.15) is 0 Å². The zero-order chi connectivity index (χ0) is 14.8. The average molecular weight is 279 g/mol. The lowest BCUT2D eigenvalue weighted by molar-refractivity contribution is 0.179. The van der Waals surface area contributed by atoms with E-state index in [-0.39, 0.29) is 6.04 Å². The molecule has 5 heteroatoms. The van der Waals surface area contributed by atoms with Crippen molar-refractivity contribution < 1.29 is 9.47 Å². The number of hydrogen-bond donors (Lipinski definition) is 2. The van der Waals surface area contributed by atoms with Gasteiger partial charge in [-0.3, -0.25) is 4.99 Å². The van der Waals surface area contributed by atoms with Crippen LogP contribution in [0.1, 0.15) is 12.5 Å². The third kappa shape index (κ3) is 5.93. The highest BCUT2D eigenvalue weighted by molar-refractivity contribution is 5.79. The number of hydrogen-bond acceptors (Lipinski definition) is 3. The van der Waals surface area contributed by atoms with Crippen LogP contribution in [-0.2, 0) is 11.2 Å². The smallest absolute Gasteiger partial charge is 0.191 e. The van der Waals surface area contributed by atoms with Gasteiger partial charge >= 0.3 is 0 Å². The molecule has 0 aliphatic carbocycles. The van der Waals surface area contributed by atoms with Crippen molar-refractivity contribution in [2.75, 3.05) is 34.4 Å². The van der Waals surface area contributed by atoms with Gasteiger partial charge in [-0.25, -0.2) is 0 Å². The highest BCUT2D eigenvalue weighted by atomic mass is 16.5. The Labute approximate surface area is 121 Å². The van der Waals surface area contributed by atoms with Crippen molar-refractivity contribution >= 4 is 5.96 Å². The van der Waals surface area contributed by atoms with Crippen molar-refractivity contribution in [3.8, 4) is 5.75 Å². The van der Waals surface area contributed by atoms with Gasteiger partial charge in [-0.15, -0.1) is 0 Å². The number of nitrogens with zero attached hydrogens (tertiary/aromatic N) is 1. The summed E-state index contributed by atoms with van der Waals surface area (Å²) in [7, 11) is 5.14. The molecule has 0 heterocycles. The summed E-state index contributed by atoms with van der Waals surface area (Å²) < 4.78 is 10.3. The Balaban J connectivity index is 2.37. The minimum Gasteiger partial charge on any atom is -0.497 e. The monoisotopic (exact) mass is 279 g/mol. The van der Waals surface area contributed by atoms with Gasteiger partial charge in [-0.1, -0.05) is 12.1 Å². The molecule has 1 unspecified atom stereocenters. The molecule has 0 fully saturated rings. The SMILES string of the molecule is CN=C(NCCc1cccc(OC)c1)NC(C)COC. The van der Waals surface area contributed by atoms with E-state index < -0.39 is 0 Å². The van der Waals surface area contributed by atoms with Gasteiger partial charge < -0.3 is 20.1 Å². The average Bonchev–Trinajstić information content (AvgIpc) is 2.46. The van der Waals surface area contributed by atoms with Gasteiger partial charge in [0.1, 0.15) is 5.75 Å². The summed E-state index contributed by atoms with van der Waals surface area (Å²) >= 11 is 0. The summed E-state index contributed by atoms with van der Waals surface area (Å²) in [6.07, 6.45) is 0.913. The molecule has 1 atom stereocenters. The summed E-state index contributed by atoms with van der Waals surface area (Å²) in [5, 5.41) is 6.55. The van der Waals surface area contributed by atoms with E-state index in [1.54, 1.807) is 21.3 Å². The Morgan fingerprint density at radius 1 is 1.35 bits per heavy atom. The van der Waals surface area contributed by atoms with E-state index >= 15 is 0 Å². The van der Waals surface area contributed by atoms with E-state index in [1.807, 2.05) is 18.2 Å². The second-order valence-electron chi connectivity index (χ2n) is 4.60. The summed E-state index contributed by atoms with van der Waals surface area (Å²) in [5.41, 5.74) is 1.23. The minimum absolute atomic E-state index is 0.225. The summed E-state index contributed by atoms with van der Waals surface area (Å²) in [4.78, 5) is 4.19. The molecule has 0 spiro atoms. The first kappa shape index (κ1) is 16.3. The van der Waals surface area contributed by atoms with Crippen LogP contribution < -0.4 is 15.4 Å². The van der Waals surface area contributed by atoms with E-state index in [1.165, 1.54) is 5.56 Å². The Hall–Kier alpha value is -1.75. The predicted octanol–water partition coefficient (Wildman–Crippen LogP) is 1.44. The number of methoxy groups -OCH3 is 2. The third-order valence-corrected chi connectivity index (χ3v) is 2.86. The summed E-state index contributed by atoms with van der Waals surface area (Å²) in [6.45, 7) is 3.52. The largest absolute Gasteiger partial charge is 0.497 e. The molecule has 0 aliphatic heterocycles. The van der Waals surface area contributed by atoms with E-state index in [2.05, 4.69) is 28.6 Å². The number of guanidine groups is 1. The van der Waals surface area contributed by atoms with Crippen molar-refractivity contribution in [1.82, 2.24) is 10.6 Å². The van der Waals surface area contributed by atoms with Crippen molar-refractivity contribution in [1.29, 1.82) is 0 Å². The molecule has 1 aromatic carbocycles. The van der Waals surface area contributed by atoms with Crippen molar-refractivity contribution in [3.63, 3.8) is 0 Å². The number of nitrogens with one attached hydrogen (secondary N) is 2. The lowest BCUT2D eigenvalue weighted by atomic mass is 10.1. The first-order chi connectivity index (χ1) is 9.69. The highest BCUT2D eigenvalue weighted by Gasteiger charge is 2.04. The zero-order valence-electron chi connectivity index (χ0n) is 12.8. The predicted molar refractivity (Wildman–Crippen MR) is 82.5 cm³/mol. The zero-order valence-corrected chi connectivity index (χ0v) is 12.8. The quantitative estimate of drug-likeness (QED) is 0.586. The molecule has 0 radical (unpaired) electrons. The fourth-order valence-electron chi connectivity index (χ4n) is 1.87. The molecule has 1 rings (SSSR count). The standard InChI is InChI=1S/C15H25N3O2/c1-12(11-19-3)18-15(16-2)17-9-8-13-6-5-7-14(10-13)20-4/h5-7,10,12H,8-9,11H2,1-4H3,(H2,16,17,18). The first-order valence-corrected chi connectivity index (χ1v) is 6.78. The molecule has 0 aromatic heterocycles. The van der Waals surface area contributed by atoms with E-state index in [9.17, 15) is 0 Å². The number of aliphatic imine (C=N–C) groups is 1. The number of benzene rings is 1. The Kier molecular flexibility index (Phi) is 7.50. The molecule has 0 saturated carbocycles. The topological polar surface area (TPSA) is 54.9 Å². The maximum Gasteiger partial charge on any atom is 0.191 e. The first-order valence-electron chi connectivity index (χ1n) is 6.78. The summed E-state index contributed by atoms with van der Waals surface area (Å²) in [6, 6.07) is 8.31. The molecular formula is C15H25N3O2. The Morgan fingerprint density at radius 3 is 2.80 bits per heavy atom. The van der Waals surface area contributed by atoms with Gasteiger partial charge in [0, 0.05) is 26.7 Å². The van der Waals surface area contributed by atoms with E-state index in [0.29, 0.717) is 6.61 Å². The normalized spacial score (nSPS) is 12.9. The highest BCUT2D eigenvalue weighted by Crippen LogP contribution is 2.12. The molecule has 0 saturated heterocycles. The van der Waals surface area contributed by atoms with Crippen LogP contribution in [0.25, 0.3) is 0 Å². The molecule has 0 bridgehead atoms. The second kappa shape index (κ2) is 9.20. The second-order valence-corrected chi connectivity index (χ2v) is 4.60. The molecule has 0 aliphatic rings. The molecule has 2 N–H and O–H groups in total. The maximum atomic E-state index is 5.21. The molecule has 1 aromatic rings. The van der Waals surface area contributed by atoms with Crippen LogP contribution in [0.4, 0.5) is 0 Å². The fraction of sp³-hybridized carbons (Fsp3) is 0.533. The van der Waals surface area contributed by atoms with E-state index in [0.717, 1.165) is 24.7 Å². The van der Waals surface area contributed by atoms with Gasteiger partial charge in [0.15, 0.2) is 5.96 Å². The number of ether oxygens (including phenoxy) is 2. The van der Waals surface area contributed by atoms with Gasteiger partial charge in [0.25, 0.3) is 0 Å². The minimum atomic E-state index is 0.225. The fourth-order valence-corrected chi connectivity index (χ4v) is 1.87.